The van der Waals surface area contributed by atoms with Gasteiger partial charge in [0.15, 0.2) is 5.17 Å². The van der Waals surface area contributed by atoms with Crippen LogP contribution in [0.2, 0.25) is 0 Å². The zero-order valence-corrected chi connectivity index (χ0v) is 15.8. The molecule has 5 heterocycles. The molecular weight excluding hydrogens is 344 g/mol. The average molecular weight is 369 g/mol. The van der Waals surface area contributed by atoms with Crippen molar-refractivity contribution in [1.29, 1.82) is 0 Å². The smallest absolute Gasteiger partial charge is 0.160 e. The van der Waals surface area contributed by atoms with Gasteiger partial charge in [-0.1, -0.05) is 24.8 Å². The molecule has 6 heteroatoms. The van der Waals surface area contributed by atoms with E-state index < -0.39 is 0 Å². The van der Waals surface area contributed by atoms with E-state index in [1.54, 1.807) is 0 Å². The van der Waals surface area contributed by atoms with E-state index >= 15 is 0 Å². The third kappa shape index (κ3) is 2.85. The fourth-order valence-corrected chi connectivity index (χ4v) is 5.40. The summed E-state index contributed by atoms with van der Waals surface area (Å²) in [6, 6.07) is 10.8. The quantitative estimate of drug-likeness (QED) is 0.826. The number of ether oxygens (including phenoxy) is 1. The standard InChI is InChI=1S/C20H24N4OS/c1-14-12-24-19(17-8-4-10-23(17)13-15-6-5-11-25-15)18(22-20(24)26-14)16-7-2-3-9-21-16/h2-4,7-10,14-15,18-19H,5-6,11-13H2,1H3/t14-,15+,18-,19+/m1/s1. The number of pyridine rings is 1. The molecule has 2 fully saturated rings. The van der Waals surface area contributed by atoms with Gasteiger partial charge in [-0.15, -0.1) is 0 Å². The van der Waals surface area contributed by atoms with Crippen molar-refractivity contribution in [3.05, 3.63) is 54.1 Å². The molecule has 3 aliphatic rings. The normalized spacial score (nSPS) is 30.7. The Hall–Kier alpha value is -1.79. The zero-order valence-electron chi connectivity index (χ0n) is 15.0. The lowest BCUT2D eigenvalue weighted by molar-refractivity contribution is 0.0953. The first-order valence-electron chi connectivity index (χ1n) is 9.48. The summed E-state index contributed by atoms with van der Waals surface area (Å²) in [6.45, 7) is 5.15. The lowest BCUT2D eigenvalue weighted by atomic mass is 10.0. The Morgan fingerprint density at radius 1 is 1.27 bits per heavy atom. The van der Waals surface area contributed by atoms with Crippen molar-refractivity contribution in [2.24, 2.45) is 4.99 Å². The molecule has 2 aromatic heterocycles. The number of fused-ring (bicyclic) bond motifs is 1. The van der Waals surface area contributed by atoms with E-state index in [2.05, 4.69) is 51.8 Å². The minimum atomic E-state index is 0.0596. The largest absolute Gasteiger partial charge is 0.376 e. The van der Waals surface area contributed by atoms with E-state index in [1.165, 1.54) is 17.3 Å². The van der Waals surface area contributed by atoms with Gasteiger partial charge in [-0.25, -0.2) is 0 Å². The van der Waals surface area contributed by atoms with Gasteiger partial charge in [-0.05, 0) is 37.1 Å². The first-order chi connectivity index (χ1) is 12.8. The van der Waals surface area contributed by atoms with E-state index in [1.807, 2.05) is 24.0 Å². The van der Waals surface area contributed by atoms with Gasteiger partial charge >= 0.3 is 0 Å². The summed E-state index contributed by atoms with van der Waals surface area (Å²) in [4.78, 5) is 12.2. The molecule has 136 valence electrons. The van der Waals surface area contributed by atoms with Crippen LogP contribution in [0.25, 0.3) is 0 Å². The van der Waals surface area contributed by atoms with Crippen molar-refractivity contribution in [2.75, 3.05) is 13.2 Å². The third-order valence-electron chi connectivity index (χ3n) is 5.47. The summed E-state index contributed by atoms with van der Waals surface area (Å²) >= 11 is 1.89. The molecule has 0 aliphatic carbocycles. The molecule has 2 saturated heterocycles. The molecule has 5 nitrogen and oxygen atoms in total. The average Bonchev–Trinajstić information content (AvgIpc) is 3.41. The Morgan fingerprint density at radius 3 is 3.04 bits per heavy atom. The number of rotatable bonds is 4. The second-order valence-electron chi connectivity index (χ2n) is 7.36. The Bertz CT molecular complexity index is 799. The highest BCUT2D eigenvalue weighted by atomic mass is 32.2. The maximum atomic E-state index is 5.88. The van der Waals surface area contributed by atoms with E-state index in [0.717, 1.165) is 31.8 Å². The van der Waals surface area contributed by atoms with Crippen molar-refractivity contribution >= 4 is 16.9 Å². The molecule has 0 saturated carbocycles. The number of hydrogen-bond acceptors (Lipinski definition) is 5. The van der Waals surface area contributed by atoms with Crippen LogP contribution in [0, 0.1) is 0 Å². The van der Waals surface area contributed by atoms with Crippen molar-refractivity contribution < 1.29 is 4.74 Å². The highest BCUT2D eigenvalue weighted by Gasteiger charge is 2.44. The lowest BCUT2D eigenvalue weighted by Gasteiger charge is -2.28. The van der Waals surface area contributed by atoms with Gasteiger partial charge in [0.05, 0.1) is 17.8 Å². The minimum absolute atomic E-state index is 0.0596. The first-order valence-corrected chi connectivity index (χ1v) is 10.4. The van der Waals surface area contributed by atoms with Gasteiger partial charge < -0.3 is 14.2 Å². The van der Waals surface area contributed by atoms with E-state index in [4.69, 9.17) is 9.73 Å². The summed E-state index contributed by atoms with van der Waals surface area (Å²) < 4.78 is 8.26. The van der Waals surface area contributed by atoms with Crippen LogP contribution in [0.1, 0.15) is 43.2 Å². The summed E-state index contributed by atoms with van der Waals surface area (Å²) in [5.74, 6) is 0. The molecule has 0 N–H and O–H groups in total. The lowest BCUT2D eigenvalue weighted by Crippen LogP contribution is -2.31. The molecule has 0 amide bonds. The minimum Gasteiger partial charge on any atom is -0.376 e. The Morgan fingerprint density at radius 2 is 2.23 bits per heavy atom. The summed E-state index contributed by atoms with van der Waals surface area (Å²) in [5, 5.41) is 1.76. The number of thioether (sulfide) groups is 1. The first kappa shape index (κ1) is 16.4. The predicted octanol–water partition coefficient (Wildman–Crippen LogP) is 3.65. The van der Waals surface area contributed by atoms with E-state index in [-0.39, 0.29) is 12.1 Å². The fraction of sp³-hybridized carbons (Fsp3) is 0.500. The number of nitrogens with zero attached hydrogens (tertiary/aromatic N) is 4. The SMILES string of the molecule is C[C@@H]1CN2C(=N[C@H](c3ccccn3)[C@@H]2c2cccn2C[C@@H]2CCCO2)S1. The van der Waals surface area contributed by atoms with Gasteiger partial charge in [0.25, 0.3) is 0 Å². The van der Waals surface area contributed by atoms with Crippen molar-refractivity contribution in [2.45, 2.75) is 49.7 Å². The van der Waals surface area contributed by atoms with Gasteiger partial charge in [-0.2, -0.15) is 0 Å². The van der Waals surface area contributed by atoms with Crippen LogP contribution < -0.4 is 0 Å². The number of aromatic nitrogens is 2. The van der Waals surface area contributed by atoms with Crippen molar-refractivity contribution in [3.8, 4) is 0 Å². The molecule has 4 atom stereocenters. The van der Waals surface area contributed by atoms with Crippen LogP contribution in [0.4, 0.5) is 0 Å². The van der Waals surface area contributed by atoms with Crippen LogP contribution in [0.3, 0.4) is 0 Å². The van der Waals surface area contributed by atoms with E-state index in [0.29, 0.717) is 11.4 Å². The van der Waals surface area contributed by atoms with Crippen LogP contribution in [0.5, 0.6) is 0 Å². The Kier molecular flexibility index (Phi) is 4.25. The number of hydrogen-bond donors (Lipinski definition) is 0. The molecular formula is C20H24N4OS. The number of aliphatic imine (C=N–C) groups is 1. The third-order valence-corrected chi connectivity index (χ3v) is 6.58. The summed E-state index contributed by atoms with van der Waals surface area (Å²) in [7, 11) is 0. The van der Waals surface area contributed by atoms with Gasteiger partial charge in [0.1, 0.15) is 6.04 Å². The molecule has 0 bridgehead atoms. The topological polar surface area (TPSA) is 42.7 Å². The van der Waals surface area contributed by atoms with Crippen molar-refractivity contribution in [1.82, 2.24) is 14.5 Å². The molecule has 26 heavy (non-hydrogen) atoms. The maximum Gasteiger partial charge on any atom is 0.160 e. The monoisotopic (exact) mass is 368 g/mol. The van der Waals surface area contributed by atoms with Gasteiger partial charge in [0, 0.05) is 43.0 Å². The Labute approximate surface area is 158 Å². The van der Waals surface area contributed by atoms with Gasteiger partial charge in [0.2, 0.25) is 0 Å². The fourth-order valence-electron chi connectivity index (χ4n) is 4.31. The summed E-state index contributed by atoms with van der Waals surface area (Å²) in [6.07, 6.45) is 6.73. The predicted molar refractivity (Wildman–Crippen MR) is 104 cm³/mol. The van der Waals surface area contributed by atoms with E-state index in [9.17, 15) is 0 Å². The zero-order chi connectivity index (χ0) is 17.5. The number of amidine groups is 1. The molecule has 5 rings (SSSR count). The molecule has 3 aliphatic heterocycles. The Balaban J connectivity index is 1.50. The highest BCUT2D eigenvalue weighted by Crippen LogP contribution is 2.47. The van der Waals surface area contributed by atoms with Crippen LogP contribution in [-0.4, -0.2) is 44.1 Å². The van der Waals surface area contributed by atoms with Crippen LogP contribution in [-0.2, 0) is 11.3 Å². The molecule has 2 aromatic rings. The second-order valence-corrected chi connectivity index (χ2v) is 8.76. The highest BCUT2D eigenvalue weighted by molar-refractivity contribution is 8.14. The van der Waals surface area contributed by atoms with Crippen LogP contribution >= 0.6 is 11.8 Å². The molecule has 0 unspecified atom stereocenters. The molecule has 0 spiro atoms. The molecule has 0 radical (unpaired) electrons. The maximum absolute atomic E-state index is 5.88. The van der Waals surface area contributed by atoms with Crippen LogP contribution in [0.15, 0.2) is 47.7 Å². The summed E-state index contributed by atoms with van der Waals surface area (Å²) in [5.41, 5.74) is 2.38. The second kappa shape index (κ2) is 6.74. The molecule has 0 aromatic carbocycles. The van der Waals surface area contributed by atoms with Crippen molar-refractivity contribution in [3.63, 3.8) is 0 Å². The van der Waals surface area contributed by atoms with Gasteiger partial charge in [-0.3, -0.25) is 9.98 Å².